The Morgan fingerprint density at radius 3 is 2.82 bits per heavy atom. The van der Waals surface area contributed by atoms with E-state index in [2.05, 4.69) is 15.5 Å². The van der Waals surface area contributed by atoms with Gasteiger partial charge in [-0.2, -0.15) is 0 Å². The van der Waals surface area contributed by atoms with Crippen molar-refractivity contribution in [3.8, 4) is 0 Å². The largest absolute Gasteiger partial charge is 0.345 e. The summed E-state index contributed by atoms with van der Waals surface area (Å²) in [5.41, 5.74) is 0.254. The van der Waals surface area contributed by atoms with Crippen molar-refractivity contribution in [1.29, 1.82) is 0 Å². The van der Waals surface area contributed by atoms with Crippen LogP contribution in [0.4, 0.5) is 4.39 Å². The molecule has 1 aliphatic heterocycles. The smallest absolute Gasteiger partial charge is 0.251 e. The molecule has 0 aliphatic carbocycles. The van der Waals surface area contributed by atoms with Crippen molar-refractivity contribution < 1.29 is 14.0 Å². The average molecular weight is 385 g/mol. The molecule has 2 amide bonds. The van der Waals surface area contributed by atoms with E-state index in [1.54, 1.807) is 17.0 Å². The number of halogens is 1. The van der Waals surface area contributed by atoms with E-state index in [1.165, 1.54) is 18.2 Å². The lowest BCUT2D eigenvalue weighted by atomic mass is 10.2. The molecule has 3 rings (SSSR count). The van der Waals surface area contributed by atoms with Gasteiger partial charge in [0, 0.05) is 31.6 Å². The molecule has 7 nitrogen and oxygen atoms in total. The quantitative estimate of drug-likeness (QED) is 0.798. The van der Waals surface area contributed by atoms with Crippen LogP contribution in [0, 0.1) is 11.7 Å². The highest BCUT2D eigenvalue weighted by Gasteiger charge is 2.21. The highest BCUT2D eigenvalue weighted by atomic mass is 19.1. The van der Waals surface area contributed by atoms with Gasteiger partial charge in [0.2, 0.25) is 5.91 Å². The predicted octanol–water partition coefficient (Wildman–Crippen LogP) is 1.94. The molecule has 28 heavy (non-hydrogen) atoms. The molecule has 0 unspecified atom stereocenters. The maximum Gasteiger partial charge on any atom is 0.251 e. The summed E-state index contributed by atoms with van der Waals surface area (Å²) in [6, 6.07) is 5.52. The summed E-state index contributed by atoms with van der Waals surface area (Å²) in [5.74, 6) is 0.892. The van der Waals surface area contributed by atoms with Crippen LogP contribution in [0.15, 0.2) is 36.4 Å². The lowest BCUT2D eigenvalue weighted by molar-refractivity contribution is -0.126. The molecule has 0 saturated carbocycles. The number of nitrogens with one attached hydrogen (secondary N) is 1. The van der Waals surface area contributed by atoms with Crippen molar-refractivity contribution in [3.63, 3.8) is 0 Å². The van der Waals surface area contributed by atoms with Gasteiger partial charge in [-0.05, 0) is 30.2 Å². The number of carbonyl (C=O) groups excluding carboxylic acids is 2. The molecular formula is C20H24FN5O2. The summed E-state index contributed by atoms with van der Waals surface area (Å²) in [6.45, 7) is 5.93. The Kier molecular flexibility index (Phi) is 6.18. The summed E-state index contributed by atoms with van der Waals surface area (Å²) in [4.78, 5) is 26.3. The molecule has 0 spiro atoms. The van der Waals surface area contributed by atoms with Crippen LogP contribution in [-0.4, -0.2) is 44.6 Å². The fourth-order valence-corrected chi connectivity index (χ4v) is 3.01. The van der Waals surface area contributed by atoms with E-state index in [0.29, 0.717) is 37.8 Å². The van der Waals surface area contributed by atoms with E-state index in [0.717, 1.165) is 5.82 Å². The van der Waals surface area contributed by atoms with Crippen LogP contribution >= 0.6 is 0 Å². The van der Waals surface area contributed by atoms with Crippen LogP contribution < -0.4 is 5.32 Å². The molecule has 0 radical (unpaired) electrons. The second-order valence-corrected chi connectivity index (χ2v) is 7.06. The first kappa shape index (κ1) is 19.7. The molecular weight excluding hydrogens is 361 g/mol. The van der Waals surface area contributed by atoms with Crippen LogP contribution in [0.3, 0.4) is 0 Å². The second kappa shape index (κ2) is 8.77. The molecule has 1 N–H and O–H groups in total. The molecule has 1 aromatic heterocycles. The fraction of sp³-hybridized carbons (Fsp3) is 0.400. The molecule has 148 valence electrons. The average Bonchev–Trinajstić information content (AvgIpc) is 2.93. The van der Waals surface area contributed by atoms with E-state index in [4.69, 9.17) is 0 Å². The third-order valence-corrected chi connectivity index (χ3v) is 4.53. The number of amides is 2. The Hall–Kier alpha value is -3.03. The summed E-state index contributed by atoms with van der Waals surface area (Å²) in [6.07, 6.45) is 4.11. The van der Waals surface area contributed by atoms with E-state index in [1.807, 2.05) is 24.5 Å². The van der Waals surface area contributed by atoms with Crippen molar-refractivity contribution in [3.05, 3.63) is 59.4 Å². The zero-order valence-corrected chi connectivity index (χ0v) is 16.1. The second-order valence-electron chi connectivity index (χ2n) is 7.06. The molecule has 0 fully saturated rings. The normalized spacial score (nSPS) is 14.2. The molecule has 1 aliphatic rings. The third kappa shape index (κ3) is 4.82. The van der Waals surface area contributed by atoms with Crippen molar-refractivity contribution in [1.82, 2.24) is 25.0 Å². The Morgan fingerprint density at radius 1 is 1.25 bits per heavy atom. The number of nitrogens with zero attached hydrogens (tertiary/aromatic N) is 4. The Balaban J connectivity index is 1.62. The highest BCUT2D eigenvalue weighted by molar-refractivity contribution is 5.94. The van der Waals surface area contributed by atoms with Gasteiger partial charge in [-0.15, -0.1) is 10.2 Å². The first-order chi connectivity index (χ1) is 13.4. The maximum atomic E-state index is 13.3. The number of rotatable bonds is 5. The van der Waals surface area contributed by atoms with Crippen LogP contribution in [0.1, 0.15) is 35.9 Å². The van der Waals surface area contributed by atoms with Crippen molar-refractivity contribution in [2.45, 2.75) is 33.4 Å². The predicted molar refractivity (Wildman–Crippen MR) is 102 cm³/mol. The SMILES string of the molecule is CC(C)/C=C/C(=O)N1CCc2nnc(CNC(=O)c3cccc(F)c3)n2CC1. The number of hydrogen-bond acceptors (Lipinski definition) is 4. The lowest BCUT2D eigenvalue weighted by Gasteiger charge is -2.18. The van der Waals surface area contributed by atoms with E-state index in [-0.39, 0.29) is 23.9 Å². The van der Waals surface area contributed by atoms with Gasteiger partial charge in [0.05, 0.1) is 6.54 Å². The van der Waals surface area contributed by atoms with Crippen LogP contribution in [0.5, 0.6) is 0 Å². The van der Waals surface area contributed by atoms with Crippen LogP contribution in [0.25, 0.3) is 0 Å². The van der Waals surface area contributed by atoms with Gasteiger partial charge in [-0.25, -0.2) is 4.39 Å². The fourth-order valence-electron chi connectivity index (χ4n) is 3.01. The minimum atomic E-state index is -0.458. The Morgan fingerprint density at radius 2 is 2.07 bits per heavy atom. The van der Waals surface area contributed by atoms with Crippen molar-refractivity contribution in [2.75, 3.05) is 13.1 Å². The molecule has 0 bridgehead atoms. The summed E-state index contributed by atoms with van der Waals surface area (Å²) in [7, 11) is 0. The number of hydrogen-bond donors (Lipinski definition) is 1. The van der Waals surface area contributed by atoms with Gasteiger partial charge in [0.15, 0.2) is 5.82 Å². The molecule has 1 aromatic carbocycles. The maximum absolute atomic E-state index is 13.3. The van der Waals surface area contributed by atoms with Crippen molar-refractivity contribution in [2.24, 2.45) is 5.92 Å². The topological polar surface area (TPSA) is 80.1 Å². The minimum Gasteiger partial charge on any atom is -0.345 e. The molecule has 8 heteroatoms. The Labute approximate surface area is 163 Å². The minimum absolute atomic E-state index is 0.00614. The van der Waals surface area contributed by atoms with E-state index >= 15 is 0 Å². The lowest BCUT2D eigenvalue weighted by Crippen LogP contribution is -2.32. The van der Waals surface area contributed by atoms with Gasteiger partial charge < -0.3 is 14.8 Å². The number of allylic oxidation sites excluding steroid dienone is 1. The monoisotopic (exact) mass is 385 g/mol. The van der Waals surface area contributed by atoms with Gasteiger partial charge in [-0.3, -0.25) is 9.59 Å². The first-order valence-corrected chi connectivity index (χ1v) is 9.36. The molecule has 0 saturated heterocycles. The highest BCUT2D eigenvalue weighted by Crippen LogP contribution is 2.11. The summed E-state index contributed by atoms with van der Waals surface area (Å²) >= 11 is 0. The Bertz CT molecular complexity index is 890. The zero-order chi connectivity index (χ0) is 20.1. The van der Waals surface area contributed by atoms with Gasteiger partial charge >= 0.3 is 0 Å². The standard InChI is InChI=1S/C20H24FN5O2/c1-14(2)6-7-19(27)25-9-8-17-23-24-18(26(17)11-10-25)13-22-20(28)15-4-3-5-16(21)12-15/h3-7,12,14H,8-11,13H2,1-2H3,(H,22,28)/b7-6+. The summed E-state index contributed by atoms with van der Waals surface area (Å²) in [5, 5.41) is 11.1. The molecule has 0 atom stereocenters. The third-order valence-electron chi connectivity index (χ3n) is 4.53. The van der Waals surface area contributed by atoms with Gasteiger partial charge in [0.1, 0.15) is 11.6 Å². The van der Waals surface area contributed by atoms with Gasteiger partial charge in [0.25, 0.3) is 5.91 Å². The van der Waals surface area contributed by atoms with Gasteiger partial charge in [-0.1, -0.05) is 26.0 Å². The number of fused-ring (bicyclic) bond motifs is 1. The number of carbonyl (C=O) groups is 2. The van der Waals surface area contributed by atoms with Crippen LogP contribution in [-0.2, 0) is 24.3 Å². The summed E-state index contributed by atoms with van der Waals surface area (Å²) < 4.78 is 15.2. The number of aromatic nitrogens is 3. The first-order valence-electron chi connectivity index (χ1n) is 9.36. The number of benzene rings is 1. The van der Waals surface area contributed by atoms with Crippen LogP contribution in [0.2, 0.25) is 0 Å². The van der Waals surface area contributed by atoms with E-state index < -0.39 is 5.82 Å². The molecule has 2 heterocycles. The molecule has 2 aromatic rings. The zero-order valence-electron chi connectivity index (χ0n) is 16.1. The van der Waals surface area contributed by atoms with Crippen molar-refractivity contribution >= 4 is 11.8 Å². The van der Waals surface area contributed by atoms with E-state index in [9.17, 15) is 14.0 Å².